The van der Waals surface area contributed by atoms with Crippen LogP contribution in [0.3, 0.4) is 0 Å². The van der Waals surface area contributed by atoms with E-state index in [9.17, 15) is 4.79 Å². The minimum absolute atomic E-state index is 0.126. The first-order chi connectivity index (χ1) is 5.74. The smallest absolute Gasteiger partial charge is 0.294 e. The number of hydrogen-bond donors (Lipinski definition) is 1. The molecule has 1 rings (SSSR count). The largest absolute Gasteiger partial charge is 0.447 e. The quantitative estimate of drug-likeness (QED) is 0.599. The Morgan fingerprint density at radius 1 is 1.67 bits per heavy atom. The molecular weight excluding hydrogens is 156 g/mol. The average molecular weight is 172 g/mol. The van der Waals surface area contributed by atoms with Gasteiger partial charge in [0.05, 0.1) is 0 Å². The number of piperazine rings is 1. The molecule has 4 heteroatoms. The molecule has 1 aliphatic rings. The summed E-state index contributed by atoms with van der Waals surface area (Å²) in [5.74, 6) is 0. The van der Waals surface area contributed by atoms with E-state index in [-0.39, 0.29) is 6.23 Å². The zero-order valence-electron chi connectivity index (χ0n) is 7.62. The maximum absolute atomic E-state index is 10.1. The minimum Gasteiger partial charge on any atom is -0.447 e. The summed E-state index contributed by atoms with van der Waals surface area (Å²) >= 11 is 0. The molecule has 0 spiro atoms. The lowest BCUT2D eigenvalue weighted by Gasteiger charge is -2.34. The predicted octanol–water partition coefficient (Wildman–Crippen LogP) is -0.201. The van der Waals surface area contributed by atoms with Crippen LogP contribution in [-0.2, 0) is 9.53 Å². The Balaban J connectivity index is 2.34. The van der Waals surface area contributed by atoms with Crippen molar-refractivity contribution in [3.63, 3.8) is 0 Å². The summed E-state index contributed by atoms with van der Waals surface area (Å²) in [6.07, 6.45) is -0.126. The number of carbonyl (C=O) groups excluding carboxylic acids is 1. The van der Waals surface area contributed by atoms with Crippen LogP contribution in [-0.4, -0.2) is 43.3 Å². The zero-order valence-corrected chi connectivity index (χ0v) is 7.62. The fraction of sp³-hybridized carbons (Fsp3) is 0.875. The maximum Gasteiger partial charge on any atom is 0.294 e. The highest BCUT2D eigenvalue weighted by Crippen LogP contribution is 2.03. The molecule has 0 radical (unpaired) electrons. The molecule has 1 aliphatic heterocycles. The lowest BCUT2D eigenvalue weighted by molar-refractivity contribution is -0.137. The predicted molar refractivity (Wildman–Crippen MR) is 45.6 cm³/mol. The summed E-state index contributed by atoms with van der Waals surface area (Å²) < 4.78 is 4.83. The number of nitrogens with one attached hydrogen (secondary N) is 1. The van der Waals surface area contributed by atoms with Crippen LogP contribution in [0, 0.1) is 0 Å². The van der Waals surface area contributed by atoms with Crippen molar-refractivity contribution >= 4 is 6.47 Å². The molecule has 0 aromatic heterocycles. The Kier molecular flexibility index (Phi) is 3.49. The van der Waals surface area contributed by atoms with Gasteiger partial charge in [-0.1, -0.05) is 0 Å². The third kappa shape index (κ3) is 2.46. The maximum atomic E-state index is 10.1. The molecule has 1 heterocycles. The fourth-order valence-corrected chi connectivity index (χ4v) is 1.37. The highest BCUT2D eigenvalue weighted by molar-refractivity contribution is 5.37. The van der Waals surface area contributed by atoms with E-state index in [1.54, 1.807) is 0 Å². The van der Waals surface area contributed by atoms with Crippen molar-refractivity contribution in [1.29, 1.82) is 0 Å². The van der Waals surface area contributed by atoms with E-state index in [4.69, 9.17) is 4.74 Å². The second-order valence-electron chi connectivity index (χ2n) is 3.26. The molecule has 0 aromatic carbocycles. The molecule has 0 bridgehead atoms. The van der Waals surface area contributed by atoms with Gasteiger partial charge in [-0.05, 0) is 13.8 Å². The van der Waals surface area contributed by atoms with Gasteiger partial charge in [0.2, 0.25) is 0 Å². The van der Waals surface area contributed by atoms with Crippen molar-refractivity contribution in [2.75, 3.05) is 19.6 Å². The molecule has 70 valence electrons. The van der Waals surface area contributed by atoms with E-state index in [2.05, 4.69) is 24.1 Å². The van der Waals surface area contributed by atoms with Gasteiger partial charge in [-0.2, -0.15) is 0 Å². The van der Waals surface area contributed by atoms with Crippen LogP contribution < -0.4 is 5.32 Å². The Morgan fingerprint density at radius 3 is 3.00 bits per heavy atom. The summed E-state index contributed by atoms with van der Waals surface area (Å²) in [5, 5.41) is 3.11. The summed E-state index contributed by atoms with van der Waals surface area (Å²) in [5.41, 5.74) is 0. The van der Waals surface area contributed by atoms with E-state index in [0.717, 1.165) is 19.6 Å². The van der Waals surface area contributed by atoms with E-state index in [0.29, 0.717) is 12.5 Å². The van der Waals surface area contributed by atoms with Gasteiger partial charge in [-0.25, -0.2) is 0 Å². The van der Waals surface area contributed by atoms with Crippen LogP contribution in [0.5, 0.6) is 0 Å². The topological polar surface area (TPSA) is 41.6 Å². The Labute approximate surface area is 72.9 Å². The first-order valence-corrected chi connectivity index (χ1v) is 4.30. The molecule has 0 aromatic rings. The molecule has 12 heavy (non-hydrogen) atoms. The van der Waals surface area contributed by atoms with Crippen LogP contribution in [0.2, 0.25) is 0 Å². The van der Waals surface area contributed by atoms with Crippen LogP contribution in [0.4, 0.5) is 0 Å². The van der Waals surface area contributed by atoms with Gasteiger partial charge in [-0.3, -0.25) is 15.0 Å². The summed E-state index contributed by atoms with van der Waals surface area (Å²) in [6, 6.07) is 0.518. The van der Waals surface area contributed by atoms with Gasteiger partial charge in [0.15, 0.2) is 6.23 Å². The van der Waals surface area contributed by atoms with Gasteiger partial charge < -0.3 is 4.74 Å². The lowest BCUT2D eigenvalue weighted by Crippen LogP contribution is -2.53. The molecule has 0 amide bonds. The van der Waals surface area contributed by atoms with Gasteiger partial charge in [0.1, 0.15) is 0 Å². The number of hydrogen-bond acceptors (Lipinski definition) is 4. The normalized spacial score (nSPS) is 25.8. The van der Waals surface area contributed by atoms with Gasteiger partial charge in [0, 0.05) is 25.7 Å². The number of nitrogens with zero attached hydrogens (tertiary/aromatic N) is 1. The van der Waals surface area contributed by atoms with E-state index < -0.39 is 0 Å². The summed E-state index contributed by atoms with van der Waals surface area (Å²) in [7, 11) is 0. The second-order valence-corrected chi connectivity index (χ2v) is 3.26. The standard InChI is InChI=1S/C8H16N2O2/c1-7(2)10-4-3-9-8(5-10)12-6-11/h6-9H,3-5H2,1-2H3. The highest BCUT2D eigenvalue weighted by atomic mass is 16.5. The summed E-state index contributed by atoms with van der Waals surface area (Å²) in [6.45, 7) is 7.48. The van der Waals surface area contributed by atoms with Gasteiger partial charge in [0.25, 0.3) is 6.47 Å². The molecule has 0 saturated carbocycles. The molecule has 1 fully saturated rings. The van der Waals surface area contributed by atoms with Crippen LogP contribution in [0.1, 0.15) is 13.8 Å². The van der Waals surface area contributed by atoms with Crippen molar-refractivity contribution < 1.29 is 9.53 Å². The lowest BCUT2D eigenvalue weighted by atomic mass is 10.2. The molecule has 1 saturated heterocycles. The minimum atomic E-state index is -0.126. The SMILES string of the molecule is CC(C)N1CCNC(OC=O)C1. The Hall–Kier alpha value is -0.610. The van der Waals surface area contributed by atoms with E-state index >= 15 is 0 Å². The first kappa shape index (κ1) is 9.48. The van der Waals surface area contributed by atoms with Crippen LogP contribution in [0.25, 0.3) is 0 Å². The van der Waals surface area contributed by atoms with Gasteiger partial charge in [-0.15, -0.1) is 0 Å². The van der Waals surface area contributed by atoms with Crippen LogP contribution >= 0.6 is 0 Å². The summed E-state index contributed by atoms with van der Waals surface area (Å²) in [4.78, 5) is 12.4. The van der Waals surface area contributed by atoms with Crippen molar-refractivity contribution in [3.8, 4) is 0 Å². The zero-order chi connectivity index (χ0) is 8.97. The number of ether oxygens (including phenoxy) is 1. The second kappa shape index (κ2) is 4.42. The van der Waals surface area contributed by atoms with E-state index in [1.165, 1.54) is 0 Å². The molecule has 1 unspecified atom stereocenters. The third-order valence-electron chi connectivity index (χ3n) is 2.12. The molecular formula is C8H16N2O2. The van der Waals surface area contributed by atoms with E-state index in [1.807, 2.05) is 0 Å². The average Bonchev–Trinajstić information content (AvgIpc) is 2.05. The highest BCUT2D eigenvalue weighted by Gasteiger charge is 2.21. The van der Waals surface area contributed by atoms with Gasteiger partial charge >= 0.3 is 0 Å². The number of rotatable bonds is 3. The third-order valence-corrected chi connectivity index (χ3v) is 2.12. The monoisotopic (exact) mass is 172 g/mol. The van der Waals surface area contributed by atoms with Crippen molar-refractivity contribution in [3.05, 3.63) is 0 Å². The molecule has 0 aliphatic carbocycles. The van der Waals surface area contributed by atoms with Crippen LogP contribution in [0.15, 0.2) is 0 Å². The molecule has 1 atom stereocenters. The first-order valence-electron chi connectivity index (χ1n) is 4.30. The Morgan fingerprint density at radius 2 is 2.42 bits per heavy atom. The van der Waals surface area contributed by atoms with Crippen molar-refractivity contribution in [2.45, 2.75) is 26.1 Å². The number of carbonyl (C=O) groups is 1. The molecule has 1 N–H and O–H groups in total. The Bertz CT molecular complexity index is 150. The van der Waals surface area contributed by atoms with Crippen molar-refractivity contribution in [1.82, 2.24) is 10.2 Å². The molecule has 4 nitrogen and oxygen atoms in total. The van der Waals surface area contributed by atoms with Crippen molar-refractivity contribution in [2.24, 2.45) is 0 Å². The fourth-order valence-electron chi connectivity index (χ4n) is 1.37.